The van der Waals surface area contributed by atoms with E-state index in [4.69, 9.17) is 0 Å². The van der Waals surface area contributed by atoms with Crippen LogP contribution < -0.4 is 0 Å². The second-order valence-corrected chi connectivity index (χ2v) is 5.40. The third-order valence-electron chi connectivity index (χ3n) is 3.56. The fourth-order valence-electron chi connectivity index (χ4n) is 2.73. The van der Waals surface area contributed by atoms with Crippen molar-refractivity contribution in [2.75, 3.05) is 19.6 Å². The van der Waals surface area contributed by atoms with Gasteiger partial charge in [0.15, 0.2) is 5.78 Å². The number of hydrogen-bond donors (Lipinski definition) is 1. The van der Waals surface area contributed by atoms with E-state index in [2.05, 4.69) is 16.8 Å². The zero-order valence-electron chi connectivity index (χ0n) is 11.0. The molecular weight excluding hydrogens is 212 g/mol. The number of carbonyl (C=O) groups is 1. The third-order valence-corrected chi connectivity index (χ3v) is 3.56. The molecule has 17 heavy (non-hydrogen) atoms. The highest BCUT2D eigenvalue weighted by atomic mass is 16.1. The van der Waals surface area contributed by atoms with Crippen molar-refractivity contribution in [3.63, 3.8) is 0 Å². The highest BCUT2D eigenvalue weighted by Crippen LogP contribution is 2.17. The number of nitrogens with zero attached hydrogens (tertiary/aromatic N) is 1. The minimum atomic E-state index is 0.251. The zero-order chi connectivity index (χ0) is 12.4. The van der Waals surface area contributed by atoms with Gasteiger partial charge in [-0.2, -0.15) is 0 Å². The van der Waals surface area contributed by atoms with E-state index in [1.807, 2.05) is 19.9 Å². The molecule has 1 fully saturated rings. The number of Topliss-reactive ketones (excluding diaryl/α,β-unsaturated/α-hetero) is 1. The summed E-state index contributed by atoms with van der Waals surface area (Å²) < 4.78 is 0. The van der Waals surface area contributed by atoms with Crippen LogP contribution in [0.5, 0.6) is 0 Å². The minimum absolute atomic E-state index is 0.251. The molecule has 3 nitrogen and oxygen atoms in total. The third kappa shape index (κ3) is 2.97. The topological polar surface area (TPSA) is 36.1 Å². The van der Waals surface area contributed by atoms with E-state index in [1.54, 1.807) is 0 Å². The van der Waals surface area contributed by atoms with Gasteiger partial charge in [0.2, 0.25) is 0 Å². The maximum Gasteiger partial charge on any atom is 0.178 e. The molecule has 0 bridgehead atoms. The summed E-state index contributed by atoms with van der Waals surface area (Å²) in [7, 11) is 0. The molecule has 0 radical (unpaired) electrons. The molecule has 0 spiro atoms. The second-order valence-electron chi connectivity index (χ2n) is 5.40. The highest BCUT2D eigenvalue weighted by Gasteiger charge is 2.20. The molecule has 0 amide bonds. The SMILES string of the molecule is Cc1cc(C(=O)CN2CCCC(C)C2)c(C)[nH]1. The number of piperidine rings is 1. The summed E-state index contributed by atoms with van der Waals surface area (Å²) in [6.07, 6.45) is 2.52. The average molecular weight is 234 g/mol. The van der Waals surface area contributed by atoms with Crippen LogP contribution in [0.15, 0.2) is 6.07 Å². The molecule has 3 heteroatoms. The number of aromatic nitrogens is 1. The van der Waals surface area contributed by atoms with Gasteiger partial charge in [0.05, 0.1) is 6.54 Å². The van der Waals surface area contributed by atoms with Gasteiger partial charge in [0, 0.05) is 23.5 Å². The quantitative estimate of drug-likeness (QED) is 0.816. The van der Waals surface area contributed by atoms with Crippen molar-refractivity contribution in [1.82, 2.24) is 9.88 Å². The normalized spacial score (nSPS) is 21.7. The lowest BCUT2D eigenvalue weighted by atomic mass is 9.99. The predicted octanol–water partition coefficient (Wildman–Crippen LogP) is 2.55. The lowest BCUT2D eigenvalue weighted by Crippen LogP contribution is -2.38. The molecule has 0 aromatic carbocycles. The summed E-state index contributed by atoms with van der Waals surface area (Å²) in [4.78, 5) is 17.7. The minimum Gasteiger partial charge on any atom is -0.362 e. The lowest BCUT2D eigenvalue weighted by molar-refractivity contribution is 0.0892. The number of carbonyl (C=O) groups excluding carboxylic acids is 1. The number of hydrogen-bond acceptors (Lipinski definition) is 2. The van der Waals surface area contributed by atoms with Crippen molar-refractivity contribution in [3.8, 4) is 0 Å². The van der Waals surface area contributed by atoms with Gasteiger partial charge in [-0.1, -0.05) is 6.92 Å². The predicted molar refractivity (Wildman–Crippen MR) is 69.4 cm³/mol. The fraction of sp³-hybridized carbons (Fsp3) is 0.643. The average Bonchev–Trinajstić information content (AvgIpc) is 2.58. The van der Waals surface area contributed by atoms with Crippen molar-refractivity contribution < 1.29 is 4.79 Å². The van der Waals surface area contributed by atoms with E-state index < -0.39 is 0 Å². The van der Waals surface area contributed by atoms with Crippen LogP contribution in [0.1, 0.15) is 41.5 Å². The first-order valence-corrected chi connectivity index (χ1v) is 6.48. The van der Waals surface area contributed by atoms with E-state index in [1.165, 1.54) is 12.8 Å². The molecule has 0 aliphatic carbocycles. The molecule has 0 saturated carbocycles. The molecule has 1 aliphatic heterocycles. The summed E-state index contributed by atoms with van der Waals surface area (Å²) in [5.41, 5.74) is 2.93. The number of rotatable bonds is 3. The number of nitrogens with one attached hydrogen (secondary N) is 1. The summed E-state index contributed by atoms with van der Waals surface area (Å²) >= 11 is 0. The Morgan fingerprint density at radius 1 is 1.53 bits per heavy atom. The largest absolute Gasteiger partial charge is 0.362 e. The van der Waals surface area contributed by atoms with Crippen LogP contribution in [-0.4, -0.2) is 35.3 Å². The number of H-pyrrole nitrogens is 1. The fourth-order valence-corrected chi connectivity index (χ4v) is 2.73. The Morgan fingerprint density at radius 3 is 2.88 bits per heavy atom. The first kappa shape index (κ1) is 12.4. The number of aromatic amines is 1. The monoisotopic (exact) mass is 234 g/mol. The molecular formula is C14H22N2O. The van der Waals surface area contributed by atoms with Crippen LogP contribution in [-0.2, 0) is 0 Å². The smallest absolute Gasteiger partial charge is 0.178 e. The van der Waals surface area contributed by atoms with E-state index in [9.17, 15) is 4.79 Å². The summed E-state index contributed by atoms with van der Waals surface area (Å²) in [6.45, 7) is 8.93. The number of aryl methyl sites for hydroxylation is 2. The van der Waals surface area contributed by atoms with Gasteiger partial charge in [0.1, 0.15) is 0 Å². The summed E-state index contributed by atoms with van der Waals surface area (Å²) in [5, 5.41) is 0. The van der Waals surface area contributed by atoms with Crippen LogP contribution in [0.25, 0.3) is 0 Å². The van der Waals surface area contributed by atoms with Crippen molar-refractivity contribution in [2.24, 2.45) is 5.92 Å². The van der Waals surface area contributed by atoms with Crippen LogP contribution >= 0.6 is 0 Å². The van der Waals surface area contributed by atoms with Gasteiger partial charge < -0.3 is 4.98 Å². The van der Waals surface area contributed by atoms with Crippen molar-refractivity contribution in [3.05, 3.63) is 23.0 Å². The molecule has 1 atom stereocenters. The van der Waals surface area contributed by atoms with Crippen molar-refractivity contribution in [1.29, 1.82) is 0 Å². The maximum atomic E-state index is 12.2. The first-order valence-electron chi connectivity index (χ1n) is 6.48. The molecule has 1 aromatic rings. The Morgan fingerprint density at radius 2 is 2.29 bits per heavy atom. The molecule has 2 rings (SSSR count). The Balaban J connectivity index is 1.99. The van der Waals surface area contributed by atoms with E-state index in [0.29, 0.717) is 6.54 Å². The Hall–Kier alpha value is -1.09. The molecule has 1 unspecified atom stereocenters. The molecule has 94 valence electrons. The van der Waals surface area contributed by atoms with Crippen molar-refractivity contribution >= 4 is 5.78 Å². The van der Waals surface area contributed by atoms with Gasteiger partial charge in [-0.25, -0.2) is 0 Å². The number of likely N-dealkylation sites (tertiary alicyclic amines) is 1. The van der Waals surface area contributed by atoms with Gasteiger partial charge >= 0.3 is 0 Å². The van der Waals surface area contributed by atoms with Crippen LogP contribution in [0.4, 0.5) is 0 Å². The maximum absolute atomic E-state index is 12.2. The lowest BCUT2D eigenvalue weighted by Gasteiger charge is -2.30. The molecule has 2 heterocycles. The van der Waals surface area contributed by atoms with Crippen molar-refractivity contribution in [2.45, 2.75) is 33.6 Å². The molecule has 1 N–H and O–H groups in total. The summed E-state index contributed by atoms with van der Waals surface area (Å²) in [5.74, 6) is 0.978. The standard InChI is InChI=1S/C14H22N2O/c1-10-5-4-6-16(8-10)9-14(17)13-7-11(2)15-12(13)3/h7,10,15H,4-6,8-9H2,1-3H3. The van der Waals surface area contributed by atoms with Crippen LogP contribution in [0, 0.1) is 19.8 Å². The summed E-state index contributed by atoms with van der Waals surface area (Å²) in [6, 6.07) is 1.96. The second kappa shape index (κ2) is 5.05. The Labute approximate surface area is 103 Å². The highest BCUT2D eigenvalue weighted by molar-refractivity contribution is 5.98. The van der Waals surface area contributed by atoms with Crippen LogP contribution in [0.2, 0.25) is 0 Å². The van der Waals surface area contributed by atoms with Crippen LogP contribution in [0.3, 0.4) is 0 Å². The van der Waals surface area contributed by atoms with Gasteiger partial charge in [-0.15, -0.1) is 0 Å². The van der Waals surface area contributed by atoms with Gasteiger partial charge in [0.25, 0.3) is 0 Å². The first-order chi connectivity index (χ1) is 8.06. The van der Waals surface area contributed by atoms with Gasteiger partial charge in [-0.05, 0) is 45.2 Å². The molecule has 1 aliphatic rings. The van der Waals surface area contributed by atoms with E-state index in [0.717, 1.165) is 36.0 Å². The molecule has 1 saturated heterocycles. The van der Waals surface area contributed by atoms with Gasteiger partial charge in [-0.3, -0.25) is 9.69 Å². The zero-order valence-corrected chi connectivity index (χ0v) is 11.0. The number of ketones is 1. The Bertz CT molecular complexity index is 408. The van der Waals surface area contributed by atoms with E-state index >= 15 is 0 Å². The molecule has 1 aromatic heterocycles. The Kier molecular flexibility index (Phi) is 3.67. The van der Waals surface area contributed by atoms with E-state index in [-0.39, 0.29) is 5.78 Å².